The molecule has 0 saturated heterocycles. The summed E-state index contributed by atoms with van der Waals surface area (Å²) in [7, 11) is 1.73. The third kappa shape index (κ3) is 1.56. The van der Waals surface area contributed by atoms with Gasteiger partial charge in [-0.05, 0) is 45.1 Å². The van der Waals surface area contributed by atoms with Crippen molar-refractivity contribution in [2.24, 2.45) is 0 Å². The van der Waals surface area contributed by atoms with E-state index >= 15 is 0 Å². The lowest BCUT2D eigenvalue weighted by molar-refractivity contribution is 0.420. The minimum atomic E-state index is 0.935. The van der Waals surface area contributed by atoms with E-state index in [9.17, 15) is 0 Å². The van der Waals surface area contributed by atoms with E-state index in [1.165, 1.54) is 32.3 Å². The molecule has 0 saturated carbocycles. The lowest BCUT2D eigenvalue weighted by Crippen LogP contribution is -1.87. The summed E-state index contributed by atoms with van der Waals surface area (Å²) in [5.41, 5.74) is 0. The van der Waals surface area contributed by atoms with Gasteiger partial charge in [0.15, 0.2) is 0 Å². The fraction of sp³-hybridized carbons (Fsp3) is 0.0526. The summed E-state index contributed by atoms with van der Waals surface area (Å²) in [5.74, 6) is 0.935. The molecule has 0 amide bonds. The first-order valence-electron chi connectivity index (χ1n) is 6.75. The molecular weight excluding hydrogens is 244 g/mol. The molecule has 0 aromatic heterocycles. The summed E-state index contributed by atoms with van der Waals surface area (Å²) in [4.78, 5) is 0. The zero-order valence-electron chi connectivity index (χ0n) is 11.3. The van der Waals surface area contributed by atoms with Crippen molar-refractivity contribution in [2.45, 2.75) is 0 Å². The third-order valence-electron chi connectivity index (χ3n) is 3.91. The molecule has 0 aliphatic carbocycles. The van der Waals surface area contributed by atoms with Crippen LogP contribution in [0.4, 0.5) is 0 Å². The van der Waals surface area contributed by atoms with Crippen LogP contribution in [-0.2, 0) is 0 Å². The Kier molecular flexibility index (Phi) is 2.40. The van der Waals surface area contributed by atoms with E-state index in [0.29, 0.717) is 0 Å². The van der Waals surface area contributed by atoms with Gasteiger partial charge in [-0.2, -0.15) is 0 Å². The Bertz CT molecular complexity index is 938. The Morgan fingerprint density at radius 3 is 1.90 bits per heavy atom. The molecule has 0 heterocycles. The highest BCUT2D eigenvalue weighted by molar-refractivity contribution is 6.14. The molecule has 0 fully saturated rings. The van der Waals surface area contributed by atoms with E-state index in [1.54, 1.807) is 7.11 Å². The smallest absolute Gasteiger partial charge is 0.127 e. The van der Waals surface area contributed by atoms with Gasteiger partial charge in [-0.15, -0.1) is 0 Å². The van der Waals surface area contributed by atoms with Gasteiger partial charge in [0.05, 0.1) is 7.11 Å². The van der Waals surface area contributed by atoms with Gasteiger partial charge in [-0.25, -0.2) is 0 Å². The highest BCUT2D eigenvalue weighted by Gasteiger charge is 2.08. The Morgan fingerprint density at radius 1 is 0.600 bits per heavy atom. The Morgan fingerprint density at radius 2 is 1.20 bits per heavy atom. The summed E-state index contributed by atoms with van der Waals surface area (Å²) in [6.07, 6.45) is 0. The van der Waals surface area contributed by atoms with Gasteiger partial charge in [-0.1, -0.05) is 48.5 Å². The van der Waals surface area contributed by atoms with E-state index < -0.39 is 0 Å². The van der Waals surface area contributed by atoms with Crippen molar-refractivity contribution in [2.75, 3.05) is 7.11 Å². The number of methoxy groups -OCH3 is 1. The monoisotopic (exact) mass is 258 g/mol. The molecule has 1 heteroatoms. The van der Waals surface area contributed by atoms with Gasteiger partial charge in [0.2, 0.25) is 0 Å². The molecule has 4 aromatic rings. The van der Waals surface area contributed by atoms with Crippen LogP contribution in [0.3, 0.4) is 0 Å². The number of hydrogen-bond donors (Lipinski definition) is 0. The molecule has 1 nitrogen and oxygen atoms in total. The number of ether oxygens (including phenoxy) is 1. The van der Waals surface area contributed by atoms with E-state index in [2.05, 4.69) is 66.7 Å². The predicted molar refractivity (Wildman–Crippen MR) is 85.5 cm³/mol. The predicted octanol–water partition coefficient (Wildman–Crippen LogP) is 5.15. The Hall–Kier alpha value is -2.54. The first kappa shape index (κ1) is 11.3. The van der Waals surface area contributed by atoms with Crippen LogP contribution in [0, 0.1) is 0 Å². The highest BCUT2D eigenvalue weighted by Crippen LogP contribution is 2.35. The van der Waals surface area contributed by atoms with Crippen molar-refractivity contribution < 1.29 is 4.74 Å². The Labute approximate surface area is 117 Å². The van der Waals surface area contributed by atoms with Gasteiger partial charge in [0.1, 0.15) is 5.75 Å². The average Bonchev–Trinajstić information content (AvgIpc) is 2.52. The molecule has 0 bridgehead atoms. The number of fused-ring (bicyclic) bond motifs is 4. The van der Waals surface area contributed by atoms with Gasteiger partial charge >= 0.3 is 0 Å². The molecule has 4 rings (SSSR count). The van der Waals surface area contributed by atoms with E-state index in [0.717, 1.165) is 5.75 Å². The van der Waals surface area contributed by atoms with E-state index in [-0.39, 0.29) is 0 Å². The van der Waals surface area contributed by atoms with Crippen molar-refractivity contribution in [1.29, 1.82) is 0 Å². The Balaban J connectivity index is 2.28. The van der Waals surface area contributed by atoms with Crippen LogP contribution in [0.2, 0.25) is 0 Å². The maximum atomic E-state index is 5.58. The SMILES string of the molecule is COc1cc2ccccc2c2cc3ccccc3cc12. The van der Waals surface area contributed by atoms with Crippen LogP contribution in [-0.4, -0.2) is 7.11 Å². The molecule has 96 valence electrons. The normalized spacial score (nSPS) is 11.2. The largest absolute Gasteiger partial charge is 0.496 e. The molecular formula is C19H14O. The second kappa shape index (κ2) is 4.24. The zero-order valence-corrected chi connectivity index (χ0v) is 11.3. The van der Waals surface area contributed by atoms with Crippen LogP contribution in [0.1, 0.15) is 0 Å². The second-order valence-electron chi connectivity index (χ2n) is 5.04. The number of rotatable bonds is 1. The topological polar surface area (TPSA) is 9.23 Å². The zero-order chi connectivity index (χ0) is 13.5. The lowest BCUT2D eigenvalue weighted by atomic mass is 9.97. The minimum absolute atomic E-state index is 0.935. The van der Waals surface area contributed by atoms with Crippen molar-refractivity contribution in [1.82, 2.24) is 0 Å². The summed E-state index contributed by atoms with van der Waals surface area (Å²) in [5, 5.41) is 7.41. The molecule has 0 unspecified atom stereocenters. The van der Waals surface area contributed by atoms with Crippen LogP contribution in [0.15, 0.2) is 66.7 Å². The third-order valence-corrected chi connectivity index (χ3v) is 3.91. The van der Waals surface area contributed by atoms with Crippen molar-refractivity contribution >= 4 is 32.3 Å². The summed E-state index contributed by atoms with van der Waals surface area (Å²) >= 11 is 0. The summed E-state index contributed by atoms with van der Waals surface area (Å²) < 4.78 is 5.58. The minimum Gasteiger partial charge on any atom is -0.496 e. The standard InChI is InChI=1S/C19H14O/c1-20-19-12-15-8-4-5-9-16(15)17-10-13-6-2-3-7-14(13)11-18(17)19/h2-12H,1H3. The fourth-order valence-electron chi connectivity index (χ4n) is 2.92. The van der Waals surface area contributed by atoms with Gasteiger partial charge in [-0.3, -0.25) is 0 Å². The molecule has 0 atom stereocenters. The van der Waals surface area contributed by atoms with Gasteiger partial charge in [0.25, 0.3) is 0 Å². The second-order valence-corrected chi connectivity index (χ2v) is 5.04. The van der Waals surface area contributed by atoms with Crippen LogP contribution < -0.4 is 4.74 Å². The van der Waals surface area contributed by atoms with Crippen molar-refractivity contribution in [3.63, 3.8) is 0 Å². The number of benzene rings is 4. The molecule has 0 spiro atoms. The quantitative estimate of drug-likeness (QED) is 0.338. The van der Waals surface area contributed by atoms with Crippen LogP contribution in [0.25, 0.3) is 32.3 Å². The first-order valence-corrected chi connectivity index (χ1v) is 6.75. The summed E-state index contributed by atoms with van der Waals surface area (Å²) in [6.45, 7) is 0. The maximum Gasteiger partial charge on any atom is 0.127 e. The molecule has 20 heavy (non-hydrogen) atoms. The van der Waals surface area contributed by atoms with Crippen molar-refractivity contribution in [3.05, 3.63) is 66.7 Å². The van der Waals surface area contributed by atoms with Gasteiger partial charge in [0, 0.05) is 5.39 Å². The maximum absolute atomic E-state index is 5.58. The van der Waals surface area contributed by atoms with Gasteiger partial charge < -0.3 is 4.74 Å². The van der Waals surface area contributed by atoms with Crippen LogP contribution in [0.5, 0.6) is 5.75 Å². The molecule has 0 N–H and O–H groups in total. The van der Waals surface area contributed by atoms with Crippen LogP contribution >= 0.6 is 0 Å². The molecule has 0 aliphatic heterocycles. The fourth-order valence-corrected chi connectivity index (χ4v) is 2.92. The lowest BCUT2D eigenvalue weighted by Gasteiger charge is -2.11. The summed E-state index contributed by atoms with van der Waals surface area (Å²) in [6, 6.07) is 23.5. The molecule has 0 aliphatic rings. The first-order chi connectivity index (χ1) is 9.86. The highest BCUT2D eigenvalue weighted by atomic mass is 16.5. The van der Waals surface area contributed by atoms with Crippen molar-refractivity contribution in [3.8, 4) is 5.75 Å². The van der Waals surface area contributed by atoms with E-state index in [4.69, 9.17) is 4.74 Å². The number of hydrogen-bond acceptors (Lipinski definition) is 1. The molecule has 0 radical (unpaired) electrons. The molecule has 4 aromatic carbocycles. The van der Waals surface area contributed by atoms with E-state index in [1.807, 2.05) is 0 Å². The average molecular weight is 258 g/mol.